The summed E-state index contributed by atoms with van der Waals surface area (Å²) >= 11 is 1.17. The molecular weight excluding hydrogens is 470 g/mol. The first-order valence-electron chi connectivity index (χ1n) is 11.3. The van der Waals surface area contributed by atoms with Crippen LogP contribution in [0.4, 0.5) is 5.69 Å². The van der Waals surface area contributed by atoms with Gasteiger partial charge in [-0.15, -0.1) is 10.2 Å². The van der Waals surface area contributed by atoms with Gasteiger partial charge in [-0.3, -0.25) is 9.59 Å². The summed E-state index contributed by atoms with van der Waals surface area (Å²) in [4.78, 5) is 24.0. The fraction of sp³-hybridized carbons (Fsp3) is 0.360. The number of ketones is 1. The highest BCUT2D eigenvalue weighted by molar-refractivity contribution is 8.00. The van der Waals surface area contributed by atoms with Gasteiger partial charge in [0, 0.05) is 23.7 Å². The molecule has 0 saturated carbocycles. The summed E-state index contributed by atoms with van der Waals surface area (Å²) < 4.78 is 23.1. The molecule has 3 rings (SSSR count). The van der Waals surface area contributed by atoms with Crippen LogP contribution in [0.25, 0.3) is 11.5 Å². The number of benzene rings is 2. The Balaban J connectivity index is 1.78. The standard InChI is InChI=1S/C25H29N3O6S/c1-6-31-20-13-18(14-21(32-7-2)23(20)33-8-3)24-27-28-25(34-24)35-15(4)22(30)17-9-11-19(12-10-17)26-16(5)29/h9-15H,6-8H2,1-5H3,(H,26,29). The number of aromatic nitrogens is 2. The van der Waals surface area contributed by atoms with Gasteiger partial charge in [-0.1, -0.05) is 11.8 Å². The first-order chi connectivity index (χ1) is 16.9. The molecule has 0 aliphatic rings. The molecule has 0 saturated heterocycles. The number of anilines is 1. The highest BCUT2D eigenvalue weighted by Gasteiger charge is 2.22. The van der Waals surface area contributed by atoms with Crippen LogP contribution in [-0.2, 0) is 4.79 Å². The smallest absolute Gasteiger partial charge is 0.277 e. The van der Waals surface area contributed by atoms with Crippen molar-refractivity contribution in [2.45, 2.75) is 45.1 Å². The summed E-state index contributed by atoms with van der Waals surface area (Å²) in [6.07, 6.45) is 0. The Hall–Kier alpha value is -3.53. The average molecular weight is 500 g/mol. The van der Waals surface area contributed by atoms with Gasteiger partial charge in [-0.25, -0.2) is 0 Å². The average Bonchev–Trinajstić information content (AvgIpc) is 3.29. The zero-order valence-electron chi connectivity index (χ0n) is 20.4. The number of nitrogens with zero attached hydrogens (tertiary/aromatic N) is 2. The molecule has 1 amide bonds. The Labute approximate surface area is 208 Å². The van der Waals surface area contributed by atoms with Crippen molar-refractivity contribution >= 4 is 29.1 Å². The van der Waals surface area contributed by atoms with Gasteiger partial charge in [0.15, 0.2) is 17.3 Å². The minimum Gasteiger partial charge on any atom is -0.490 e. The lowest BCUT2D eigenvalue weighted by Gasteiger charge is -2.16. The SMILES string of the molecule is CCOc1cc(-c2nnc(SC(C)C(=O)c3ccc(NC(C)=O)cc3)o2)cc(OCC)c1OCC. The van der Waals surface area contributed by atoms with E-state index in [0.29, 0.717) is 53.9 Å². The number of amides is 1. The maximum absolute atomic E-state index is 12.8. The third kappa shape index (κ3) is 6.75. The Morgan fingerprint density at radius 3 is 2.11 bits per heavy atom. The van der Waals surface area contributed by atoms with Gasteiger partial charge in [0.05, 0.1) is 25.1 Å². The number of thioether (sulfide) groups is 1. The van der Waals surface area contributed by atoms with Crippen LogP contribution in [-0.4, -0.2) is 47.0 Å². The van der Waals surface area contributed by atoms with Crippen molar-refractivity contribution < 1.29 is 28.2 Å². The van der Waals surface area contributed by atoms with Gasteiger partial charge in [0.2, 0.25) is 17.5 Å². The van der Waals surface area contributed by atoms with E-state index in [9.17, 15) is 9.59 Å². The third-order valence-corrected chi connectivity index (χ3v) is 5.63. The lowest BCUT2D eigenvalue weighted by Crippen LogP contribution is -2.13. The molecule has 0 radical (unpaired) electrons. The van der Waals surface area contributed by atoms with Gasteiger partial charge in [0.1, 0.15) is 0 Å². The molecule has 1 aromatic heterocycles. The minimum atomic E-state index is -0.465. The van der Waals surface area contributed by atoms with E-state index in [1.807, 2.05) is 20.8 Å². The third-order valence-electron chi connectivity index (χ3n) is 4.70. The van der Waals surface area contributed by atoms with Crippen LogP contribution >= 0.6 is 11.8 Å². The summed E-state index contributed by atoms with van der Waals surface area (Å²) in [5.74, 6) is 1.58. The number of nitrogens with one attached hydrogen (secondary N) is 1. The van der Waals surface area contributed by atoms with Crippen LogP contribution in [0.2, 0.25) is 0 Å². The van der Waals surface area contributed by atoms with Crippen molar-refractivity contribution in [3.63, 3.8) is 0 Å². The molecule has 3 aromatic rings. The minimum absolute atomic E-state index is 0.0949. The predicted molar refractivity (Wildman–Crippen MR) is 134 cm³/mol. The van der Waals surface area contributed by atoms with Crippen LogP contribution in [0.5, 0.6) is 17.2 Å². The second-order valence-corrected chi connectivity index (χ2v) is 8.65. The number of rotatable bonds is 12. The van der Waals surface area contributed by atoms with Gasteiger partial charge >= 0.3 is 0 Å². The summed E-state index contributed by atoms with van der Waals surface area (Å²) in [6.45, 7) is 10.2. The van der Waals surface area contributed by atoms with Crippen LogP contribution in [0.15, 0.2) is 46.0 Å². The number of Topliss-reactive ketones (excluding diaryl/α,β-unsaturated/α-hetero) is 1. The molecule has 0 fully saturated rings. The van der Waals surface area contributed by atoms with Crippen LogP contribution < -0.4 is 19.5 Å². The fourth-order valence-electron chi connectivity index (χ4n) is 3.25. The van der Waals surface area contributed by atoms with E-state index in [1.165, 1.54) is 18.7 Å². The Kier molecular flexibility index (Phi) is 9.13. The predicted octanol–water partition coefficient (Wildman–Crippen LogP) is 5.25. The van der Waals surface area contributed by atoms with Crippen molar-refractivity contribution in [1.29, 1.82) is 0 Å². The van der Waals surface area contributed by atoms with Gasteiger partial charge in [-0.05, 0) is 64.1 Å². The molecule has 9 nitrogen and oxygen atoms in total. The Morgan fingerprint density at radius 1 is 0.971 bits per heavy atom. The van der Waals surface area contributed by atoms with E-state index in [4.69, 9.17) is 18.6 Å². The number of hydrogen-bond donors (Lipinski definition) is 1. The van der Waals surface area contributed by atoms with Gasteiger partial charge in [-0.2, -0.15) is 0 Å². The van der Waals surface area contributed by atoms with Crippen molar-refractivity contribution in [2.24, 2.45) is 0 Å². The van der Waals surface area contributed by atoms with Crippen molar-refractivity contribution in [1.82, 2.24) is 10.2 Å². The zero-order valence-corrected chi connectivity index (χ0v) is 21.2. The molecule has 2 aromatic carbocycles. The highest BCUT2D eigenvalue weighted by atomic mass is 32.2. The number of hydrogen-bond acceptors (Lipinski definition) is 9. The normalized spacial score (nSPS) is 11.6. The quantitative estimate of drug-likeness (QED) is 0.263. The molecular formula is C25H29N3O6S. The molecule has 0 spiro atoms. The Morgan fingerprint density at radius 2 is 1.57 bits per heavy atom. The van der Waals surface area contributed by atoms with Crippen LogP contribution in [0.3, 0.4) is 0 Å². The number of carbonyl (C=O) groups excluding carboxylic acids is 2. The molecule has 1 N–H and O–H groups in total. The van der Waals surface area contributed by atoms with Crippen LogP contribution in [0.1, 0.15) is 45.0 Å². The van der Waals surface area contributed by atoms with Gasteiger partial charge < -0.3 is 23.9 Å². The molecule has 1 unspecified atom stereocenters. The molecule has 0 bridgehead atoms. The fourth-order valence-corrected chi connectivity index (χ4v) is 4.01. The lowest BCUT2D eigenvalue weighted by atomic mass is 10.1. The molecule has 35 heavy (non-hydrogen) atoms. The topological polar surface area (TPSA) is 113 Å². The van der Waals surface area contributed by atoms with Crippen LogP contribution in [0, 0.1) is 0 Å². The maximum Gasteiger partial charge on any atom is 0.277 e. The zero-order chi connectivity index (χ0) is 25.4. The number of ether oxygens (including phenoxy) is 3. The van der Waals surface area contributed by atoms with E-state index in [1.54, 1.807) is 43.3 Å². The van der Waals surface area contributed by atoms with Crippen molar-refractivity contribution in [2.75, 3.05) is 25.1 Å². The summed E-state index contributed by atoms with van der Waals surface area (Å²) in [7, 11) is 0. The van der Waals surface area contributed by atoms with E-state index in [2.05, 4.69) is 15.5 Å². The first-order valence-corrected chi connectivity index (χ1v) is 12.2. The molecule has 10 heteroatoms. The van der Waals surface area contributed by atoms with Crippen molar-refractivity contribution in [3.8, 4) is 28.7 Å². The summed E-state index contributed by atoms with van der Waals surface area (Å²) in [5, 5.41) is 10.7. The molecule has 186 valence electrons. The Bertz CT molecular complexity index is 1140. The monoisotopic (exact) mass is 499 g/mol. The largest absolute Gasteiger partial charge is 0.490 e. The van der Waals surface area contributed by atoms with E-state index in [0.717, 1.165) is 0 Å². The second-order valence-electron chi connectivity index (χ2n) is 7.36. The first kappa shape index (κ1) is 26.1. The highest BCUT2D eigenvalue weighted by Crippen LogP contribution is 2.42. The van der Waals surface area contributed by atoms with Crippen molar-refractivity contribution in [3.05, 3.63) is 42.0 Å². The summed E-state index contributed by atoms with van der Waals surface area (Å²) in [5.41, 5.74) is 1.77. The van der Waals surface area contributed by atoms with E-state index < -0.39 is 5.25 Å². The van der Waals surface area contributed by atoms with E-state index in [-0.39, 0.29) is 22.8 Å². The lowest BCUT2D eigenvalue weighted by molar-refractivity contribution is -0.114. The molecule has 1 atom stereocenters. The molecule has 0 aliphatic carbocycles. The maximum atomic E-state index is 12.8. The van der Waals surface area contributed by atoms with E-state index >= 15 is 0 Å². The van der Waals surface area contributed by atoms with Gasteiger partial charge in [0.25, 0.3) is 5.22 Å². The molecule has 1 heterocycles. The number of carbonyl (C=O) groups is 2. The molecule has 0 aliphatic heterocycles. The summed E-state index contributed by atoms with van der Waals surface area (Å²) in [6, 6.07) is 10.3. The second kappa shape index (κ2) is 12.3.